The topological polar surface area (TPSA) is 177 Å². The van der Waals surface area contributed by atoms with Crippen molar-refractivity contribution in [2.24, 2.45) is 5.92 Å². The molecule has 296 valence electrons. The predicted octanol–water partition coefficient (Wildman–Crippen LogP) is 2.93. The highest BCUT2D eigenvalue weighted by molar-refractivity contribution is 6.01. The molecule has 0 bridgehead atoms. The summed E-state index contributed by atoms with van der Waals surface area (Å²) >= 11 is 0. The van der Waals surface area contributed by atoms with Crippen LogP contribution in [-0.4, -0.2) is 148 Å². The van der Waals surface area contributed by atoms with E-state index in [2.05, 4.69) is 0 Å². The summed E-state index contributed by atoms with van der Waals surface area (Å²) in [5.41, 5.74) is 1.11. The molecule has 16 nitrogen and oxygen atoms in total. The van der Waals surface area contributed by atoms with Gasteiger partial charge < -0.3 is 48.4 Å². The zero-order valence-electron chi connectivity index (χ0n) is 32.6. The Kier molecular flexibility index (Phi) is 18.0. The number of ether oxygens (including phenoxy) is 6. The number of benzene rings is 2. The van der Waals surface area contributed by atoms with Gasteiger partial charge in [-0.15, -0.1) is 0 Å². The van der Waals surface area contributed by atoms with E-state index in [4.69, 9.17) is 28.4 Å². The number of rotatable bonds is 24. The molecule has 2 N–H and O–H groups in total. The van der Waals surface area contributed by atoms with Crippen LogP contribution in [0.15, 0.2) is 24.3 Å². The first-order valence-electron chi connectivity index (χ1n) is 17.4. The van der Waals surface area contributed by atoms with Gasteiger partial charge in [-0.1, -0.05) is 0 Å². The molecule has 2 aromatic rings. The molecule has 2 rings (SSSR count). The number of hydrogen-bond donors (Lipinski definition) is 2. The SMILES string of the molecule is CCN(CC)C(=O)C(C(=O)N(CC)CC)C(CN(CC(=O)O)Cc1cc(OC)c(OC)c(OC)c1)N(CC(=O)O)Cc1cc(OC)c(OC)c(OC)c1. The van der Waals surface area contributed by atoms with Crippen molar-refractivity contribution >= 4 is 23.8 Å². The fourth-order valence-electron chi connectivity index (χ4n) is 6.38. The molecule has 0 aliphatic heterocycles. The molecular formula is C37H56N4O12. The van der Waals surface area contributed by atoms with E-state index in [0.717, 1.165) is 0 Å². The molecule has 0 spiro atoms. The van der Waals surface area contributed by atoms with Crippen LogP contribution >= 0.6 is 0 Å². The summed E-state index contributed by atoms with van der Waals surface area (Å²) in [6.07, 6.45) is 0. The summed E-state index contributed by atoms with van der Waals surface area (Å²) in [5, 5.41) is 20.4. The third-order valence-corrected chi connectivity index (χ3v) is 8.92. The number of carboxylic acid groups (broad SMARTS) is 2. The van der Waals surface area contributed by atoms with Crippen molar-refractivity contribution in [2.75, 3.05) is 88.5 Å². The van der Waals surface area contributed by atoms with Crippen LogP contribution < -0.4 is 28.4 Å². The van der Waals surface area contributed by atoms with Gasteiger partial charge in [-0.25, -0.2) is 0 Å². The van der Waals surface area contributed by atoms with E-state index < -0.39 is 48.8 Å². The lowest BCUT2D eigenvalue weighted by atomic mass is 9.92. The summed E-state index contributed by atoms with van der Waals surface area (Å²) in [4.78, 5) is 60.2. The van der Waals surface area contributed by atoms with Crippen LogP contribution in [0.25, 0.3) is 0 Å². The summed E-state index contributed by atoms with van der Waals surface area (Å²) in [5.74, 6) is -2.82. The zero-order chi connectivity index (χ0) is 39.8. The third kappa shape index (κ3) is 11.5. The van der Waals surface area contributed by atoms with Crippen molar-refractivity contribution in [3.05, 3.63) is 35.4 Å². The second-order valence-electron chi connectivity index (χ2n) is 12.0. The highest BCUT2D eigenvalue weighted by atomic mass is 16.5. The van der Waals surface area contributed by atoms with Crippen LogP contribution in [0.5, 0.6) is 34.5 Å². The lowest BCUT2D eigenvalue weighted by Crippen LogP contribution is -2.59. The Morgan fingerprint density at radius 2 is 0.925 bits per heavy atom. The smallest absolute Gasteiger partial charge is 0.317 e. The largest absolute Gasteiger partial charge is 0.493 e. The Hall–Kier alpha value is -4.96. The number of carboxylic acids is 2. The van der Waals surface area contributed by atoms with Gasteiger partial charge in [0.05, 0.1) is 55.7 Å². The van der Waals surface area contributed by atoms with Gasteiger partial charge in [0.2, 0.25) is 23.3 Å². The maximum absolute atomic E-state index is 14.5. The van der Waals surface area contributed by atoms with Gasteiger partial charge in [-0.05, 0) is 63.1 Å². The minimum Gasteiger partial charge on any atom is -0.493 e. The van der Waals surface area contributed by atoms with Crippen LogP contribution in [0.3, 0.4) is 0 Å². The Labute approximate surface area is 312 Å². The molecule has 0 heterocycles. The standard InChI is InChI=1S/C37H56N4O12/c1-11-39(12-2)36(46)33(37(47)40(13-3)14-4)26(41(23-32(44)45)20-25-17-29(50-7)35(53-10)30(18-25)51-8)21-38(22-31(42)43)19-24-15-27(48-5)34(52-9)28(16-24)49-6/h15-18,26,33H,11-14,19-23H2,1-10H3,(H,42,43)(H,44,45). The van der Waals surface area contributed by atoms with E-state index in [1.807, 2.05) is 0 Å². The molecule has 0 aliphatic carbocycles. The van der Waals surface area contributed by atoms with Crippen LogP contribution in [0.4, 0.5) is 0 Å². The first kappa shape index (κ1) is 44.2. The highest BCUT2D eigenvalue weighted by Crippen LogP contribution is 2.40. The normalized spacial score (nSPS) is 11.6. The van der Waals surface area contributed by atoms with E-state index in [9.17, 15) is 29.4 Å². The van der Waals surface area contributed by atoms with Gasteiger partial charge in [-0.2, -0.15) is 0 Å². The van der Waals surface area contributed by atoms with Gasteiger partial charge in [0.25, 0.3) is 0 Å². The van der Waals surface area contributed by atoms with Crippen molar-refractivity contribution < 1.29 is 57.8 Å². The van der Waals surface area contributed by atoms with E-state index in [1.54, 1.807) is 56.9 Å². The summed E-state index contributed by atoms with van der Waals surface area (Å²) < 4.78 is 33.1. The van der Waals surface area contributed by atoms with Crippen molar-refractivity contribution in [1.29, 1.82) is 0 Å². The molecule has 0 fully saturated rings. The van der Waals surface area contributed by atoms with Crippen molar-refractivity contribution in [3.63, 3.8) is 0 Å². The summed E-state index contributed by atoms with van der Waals surface area (Å²) in [6.45, 7) is 6.93. The average molecular weight is 749 g/mol. The lowest BCUT2D eigenvalue weighted by Gasteiger charge is -2.40. The van der Waals surface area contributed by atoms with E-state index in [-0.39, 0.29) is 19.6 Å². The molecule has 0 saturated heterocycles. The molecule has 16 heteroatoms. The fraction of sp³-hybridized carbons (Fsp3) is 0.568. The second-order valence-corrected chi connectivity index (χ2v) is 12.0. The van der Waals surface area contributed by atoms with E-state index >= 15 is 0 Å². The maximum atomic E-state index is 14.5. The number of carbonyl (C=O) groups excluding carboxylic acids is 2. The molecule has 1 unspecified atom stereocenters. The Morgan fingerprint density at radius 3 is 1.23 bits per heavy atom. The summed E-state index contributed by atoms with van der Waals surface area (Å²) in [7, 11) is 8.75. The fourth-order valence-corrected chi connectivity index (χ4v) is 6.38. The summed E-state index contributed by atoms with van der Waals surface area (Å²) in [6, 6.07) is 5.52. The minimum absolute atomic E-state index is 0.00372. The molecule has 0 aliphatic rings. The molecule has 0 radical (unpaired) electrons. The van der Waals surface area contributed by atoms with Gasteiger partial charge in [0.15, 0.2) is 23.0 Å². The highest BCUT2D eigenvalue weighted by Gasteiger charge is 2.43. The quantitative estimate of drug-likeness (QED) is 0.150. The Balaban J connectivity index is 2.95. The van der Waals surface area contributed by atoms with Gasteiger partial charge in [0.1, 0.15) is 5.92 Å². The third-order valence-electron chi connectivity index (χ3n) is 8.92. The van der Waals surface area contributed by atoms with Crippen molar-refractivity contribution in [2.45, 2.75) is 46.8 Å². The number of hydrogen-bond acceptors (Lipinski definition) is 12. The van der Waals surface area contributed by atoms with Gasteiger partial charge in [0, 0.05) is 51.9 Å². The zero-order valence-corrected chi connectivity index (χ0v) is 32.6. The van der Waals surface area contributed by atoms with Crippen molar-refractivity contribution in [3.8, 4) is 34.5 Å². The predicted molar refractivity (Wildman–Crippen MR) is 196 cm³/mol. The van der Waals surface area contributed by atoms with Gasteiger partial charge >= 0.3 is 11.9 Å². The molecule has 0 aromatic heterocycles. The van der Waals surface area contributed by atoms with Crippen molar-refractivity contribution in [1.82, 2.24) is 19.6 Å². The second kappa shape index (κ2) is 21.5. The van der Waals surface area contributed by atoms with Crippen LogP contribution in [-0.2, 0) is 32.3 Å². The molecule has 1 atom stereocenters. The number of aliphatic carboxylic acids is 2. The van der Waals surface area contributed by atoms with Gasteiger partial charge in [-0.3, -0.25) is 29.0 Å². The first-order valence-corrected chi connectivity index (χ1v) is 17.4. The molecule has 2 aromatic carbocycles. The maximum Gasteiger partial charge on any atom is 0.317 e. The lowest BCUT2D eigenvalue weighted by molar-refractivity contribution is -0.153. The average Bonchev–Trinajstić information content (AvgIpc) is 3.13. The van der Waals surface area contributed by atoms with E-state index in [1.165, 1.54) is 57.4 Å². The van der Waals surface area contributed by atoms with Crippen LogP contribution in [0, 0.1) is 5.92 Å². The van der Waals surface area contributed by atoms with Crippen LogP contribution in [0.1, 0.15) is 38.8 Å². The number of methoxy groups -OCH3 is 6. The Bertz CT molecular complexity index is 1460. The van der Waals surface area contributed by atoms with E-state index in [0.29, 0.717) is 71.8 Å². The molecule has 0 saturated carbocycles. The molecule has 2 amide bonds. The van der Waals surface area contributed by atoms with Crippen LogP contribution in [0.2, 0.25) is 0 Å². The first-order chi connectivity index (χ1) is 25.3. The number of nitrogens with zero attached hydrogens (tertiary/aromatic N) is 4. The number of amides is 2. The molecular weight excluding hydrogens is 692 g/mol. The monoisotopic (exact) mass is 748 g/mol. The molecule has 53 heavy (non-hydrogen) atoms. The minimum atomic E-state index is -1.41. The Morgan fingerprint density at radius 1 is 0.566 bits per heavy atom. The number of carbonyl (C=O) groups is 4.